The Morgan fingerprint density at radius 2 is 1.76 bits per heavy atom. The van der Waals surface area contributed by atoms with E-state index in [0.29, 0.717) is 6.42 Å². The Bertz CT molecular complexity index is 508. The summed E-state index contributed by atoms with van der Waals surface area (Å²) in [5.74, 6) is 0. The van der Waals surface area contributed by atoms with Gasteiger partial charge in [-0.2, -0.15) is 0 Å². The van der Waals surface area contributed by atoms with Crippen LogP contribution in [-0.4, -0.2) is 10.1 Å². The largest absolute Gasteiger partial charge is 0.386 e. The molecule has 0 bridgehead atoms. The van der Waals surface area contributed by atoms with Gasteiger partial charge in [-0.05, 0) is 36.6 Å². The van der Waals surface area contributed by atoms with Crippen molar-refractivity contribution in [1.29, 1.82) is 0 Å². The normalized spacial score (nSPS) is 12.4. The summed E-state index contributed by atoms with van der Waals surface area (Å²) in [4.78, 5) is 4.25. The molecule has 2 heteroatoms. The van der Waals surface area contributed by atoms with Crippen molar-refractivity contribution in [3.63, 3.8) is 0 Å². The van der Waals surface area contributed by atoms with Crippen molar-refractivity contribution in [2.24, 2.45) is 0 Å². The second-order valence-electron chi connectivity index (χ2n) is 4.35. The third-order valence-corrected chi connectivity index (χ3v) is 3.04. The van der Waals surface area contributed by atoms with E-state index >= 15 is 0 Å². The molecule has 0 aliphatic rings. The topological polar surface area (TPSA) is 33.1 Å². The van der Waals surface area contributed by atoms with Crippen LogP contribution in [0.3, 0.4) is 0 Å². The van der Waals surface area contributed by atoms with Crippen LogP contribution < -0.4 is 0 Å². The minimum absolute atomic E-state index is 0.530. The van der Waals surface area contributed by atoms with E-state index in [4.69, 9.17) is 0 Å². The summed E-state index contributed by atoms with van der Waals surface area (Å²) in [6, 6.07) is 12.0. The summed E-state index contributed by atoms with van der Waals surface area (Å²) in [6.07, 6.45) is 1.81. The number of hydrogen-bond acceptors (Lipinski definition) is 2. The van der Waals surface area contributed by atoms with E-state index in [1.165, 1.54) is 11.1 Å². The van der Waals surface area contributed by atoms with Crippen LogP contribution in [0.4, 0.5) is 0 Å². The molecule has 1 aromatic carbocycles. The number of aliphatic hydroxyl groups is 1. The van der Waals surface area contributed by atoms with Crippen molar-refractivity contribution < 1.29 is 5.11 Å². The maximum atomic E-state index is 10.2. The summed E-state index contributed by atoms with van der Waals surface area (Å²) < 4.78 is 0. The summed E-state index contributed by atoms with van der Waals surface area (Å²) in [6.45, 7) is 4.04. The molecule has 0 radical (unpaired) electrons. The van der Waals surface area contributed by atoms with Crippen molar-refractivity contribution in [2.45, 2.75) is 26.4 Å². The molecule has 0 amide bonds. The molecule has 0 spiro atoms. The molecular weight excluding hydrogens is 210 g/mol. The number of pyridine rings is 1. The number of benzene rings is 1. The first-order chi connectivity index (χ1) is 8.18. The van der Waals surface area contributed by atoms with Crippen molar-refractivity contribution in [3.8, 4) is 0 Å². The molecule has 1 unspecified atom stereocenters. The van der Waals surface area contributed by atoms with Crippen LogP contribution >= 0.6 is 0 Å². The zero-order valence-corrected chi connectivity index (χ0v) is 10.2. The molecular formula is C15H17NO. The van der Waals surface area contributed by atoms with Gasteiger partial charge < -0.3 is 5.11 Å². The highest BCUT2D eigenvalue weighted by Gasteiger charge is 2.13. The smallest absolute Gasteiger partial charge is 0.100 e. The first kappa shape index (κ1) is 11.8. The zero-order chi connectivity index (χ0) is 12.3. The number of aryl methyl sites for hydroxylation is 2. The minimum Gasteiger partial charge on any atom is -0.386 e. The van der Waals surface area contributed by atoms with E-state index in [1.54, 1.807) is 6.20 Å². The van der Waals surface area contributed by atoms with Crippen LogP contribution in [0.15, 0.2) is 42.6 Å². The standard InChI is InChI=1S/C15H17NO/c1-11-6-3-4-8-13(11)10-14(17)15-12(2)7-5-9-16-15/h3-9,14,17H,10H2,1-2H3. The number of aromatic nitrogens is 1. The number of hydrogen-bond donors (Lipinski definition) is 1. The molecule has 0 aliphatic heterocycles. The first-order valence-corrected chi connectivity index (χ1v) is 5.82. The predicted octanol–water partition coefficient (Wildman–Crippen LogP) is 2.97. The van der Waals surface area contributed by atoms with Gasteiger partial charge >= 0.3 is 0 Å². The van der Waals surface area contributed by atoms with Crippen molar-refractivity contribution in [3.05, 3.63) is 65.0 Å². The van der Waals surface area contributed by atoms with E-state index in [0.717, 1.165) is 11.3 Å². The number of aliphatic hydroxyl groups excluding tert-OH is 1. The Kier molecular flexibility index (Phi) is 3.55. The highest BCUT2D eigenvalue weighted by atomic mass is 16.3. The highest BCUT2D eigenvalue weighted by Crippen LogP contribution is 2.20. The SMILES string of the molecule is Cc1ccccc1CC(O)c1ncccc1C. The maximum absolute atomic E-state index is 10.2. The van der Waals surface area contributed by atoms with Gasteiger partial charge in [-0.3, -0.25) is 4.98 Å². The Morgan fingerprint density at radius 3 is 2.47 bits per heavy atom. The van der Waals surface area contributed by atoms with Gasteiger partial charge in [0.15, 0.2) is 0 Å². The highest BCUT2D eigenvalue weighted by molar-refractivity contribution is 5.28. The lowest BCUT2D eigenvalue weighted by atomic mass is 9.99. The molecule has 0 saturated heterocycles. The van der Waals surface area contributed by atoms with Gasteiger partial charge in [-0.25, -0.2) is 0 Å². The van der Waals surface area contributed by atoms with Gasteiger partial charge in [-0.1, -0.05) is 30.3 Å². The Morgan fingerprint density at radius 1 is 1.06 bits per heavy atom. The van der Waals surface area contributed by atoms with Gasteiger partial charge in [0.2, 0.25) is 0 Å². The van der Waals surface area contributed by atoms with E-state index < -0.39 is 6.10 Å². The molecule has 1 heterocycles. The minimum atomic E-state index is -0.530. The van der Waals surface area contributed by atoms with Crippen LogP contribution in [0.5, 0.6) is 0 Å². The second-order valence-corrected chi connectivity index (χ2v) is 4.35. The van der Waals surface area contributed by atoms with Gasteiger partial charge in [0.1, 0.15) is 6.10 Å². The van der Waals surface area contributed by atoms with E-state index in [9.17, 15) is 5.11 Å². The Hall–Kier alpha value is -1.67. The molecule has 17 heavy (non-hydrogen) atoms. The number of nitrogens with zero attached hydrogens (tertiary/aromatic N) is 1. The fraction of sp³-hybridized carbons (Fsp3) is 0.267. The van der Waals surface area contributed by atoms with Crippen LogP contribution in [0.25, 0.3) is 0 Å². The fourth-order valence-electron chi connectivity index (χ4n) is 1.99. The average molecular weight is 227 g/mol. The molecule has 0 saturated carbocycles. The van der Waals surface area contributed by atoms with Gasteiger partial charge in [-0.15, -0.1) is 0 Å². The van der Waals surface area contributed by atoms with Crippen molar-refractivity contribution in [1.82, 2.24) is 4.98 Å². The lowest BCUT2D eigenvalue weighted by Gasteiger charge is -2.13. The van der Waals surface area contributed by atoms with Crippen LogP contribution in [0.1, 0.15) is 28.5 Å². The van der Waals surface area contributed by atoms with Crippen LogP contribution in [0.2, 0.25) is 0 Å². The molecule has 0 fully saturated rings. The van der Waals surface area contributed by atoms with E-state index in [2.05, 4.69) is 24.0 Å². The average Bonchev–Trinajstić information content (AvgIpc) is 2.32. The maximum Gasteiger partial charge on any atom is 0.100 e. The van der Waals surface area contributed by atoms with Gasteiger partial charge in [0.05, 0.1) is 5.69 Å². The Labute approximate surface area is 102 Å². The van der Waals surface area contributed by atoms with Gasteiger partial charge in [0.25, 0.3) is 0 Å². The van der Waals surface area contributed by atoms with Crippen LogP contribution in [-0.2, 0) is 6.42 Å². The molecule has 0 aliphatic carbocycles. The summed E-state index contributed by atoms with van der Waals surface area (Å²) in [5.41, 5.74) is 4.19. The lowest BCUT2D eigenvalue weighted by molar-refractivity contribution is 0.172. The summed E-state index contributed by atoms with van der Waals surface area (Å²) >= 11 is 0. The van der Waals surface area contributed by atoms with E-state index in [-0.39, 0.29) is 0 Å². The van der Waals surface area contributed by atoms with Crippen LogP contribution in [0, 0.1) is 13.8 Å². The van der Waals surface area contributed by atoms with Gasteiger partial charge in [0, 0.05) is 12.6 Å². The summed E-state index contributed by atoms with van der Waals surface area (Å²) in [5, 5.41) is 10.2. The fourth-order valence-corrected chi connectivity index (χ4v) is 1.99. The third kappa shape index (κ3) is 2.71. The van der Waals surface area contributed by atoms with E-state index in [1.807, 2.05) is 31.2 Å². The molecule has 1 atom stereocenters. The molecule has 2 rings (SSSR count). The third-order valence-electron chi connectivity index (χ3n) is 3.04. The Balaban J connectivity index is 2.20. The zero-order valence-electron chi connectivity index (χ0n) is 10.2. The second kappa shape index (κ2) is 5.11. The predicted molar refractivity (Wildman–Crippen MR) is 68.8 cm³/mol. The van der Waals surface area contributed by atoms with Crippen molar-refractivity contribution >= 4 is 0 Å². The molecule has 2 aromatic rings. The molecule has 1 aromatic heterocycles. The molecule has 88 valence electrons. The quantitative estimate of drug-likeness (QED) is 0.874. The molecule has 2 nitrogen and oxygen atoms in total. The lowest BCUT2D eigenvalue weighted by Crippen LogP contribution is -2.07. The number of rotatable bonds is 3. The van der Waals surface area contributed by atoms with Crippen molar-refractivity contribution in [2.75, 3.05) is 0 Å². The monoisotopic (exact) mass is 227 g/mol. The summed E-state index contributed by atoms with van der Waals surface area (Å²) in [7, 11) is 0. The molecule has 1 N–H and O–H groups in total. The first-order valence-electron chi connectivity index (χ1n) is 5.82.